The summed E-state index contributed by atoms with van der Waals surface area (Å²) in [7, 11) is 1.76. The third-order valence-corrected chi connectivity index (χ3v) is 3.90. The largest absolute Gasteiger partial charge is 0.385 e. The Morgan fingerprint density at radius 3 is 2.65 bits per heavy atom. The van der Waals surface area contributed by atoms with E-state index in [4.69, 9.17) is 0 Å². The van der Waals surface area contributed by atoms with Crippen molar-refractivity contribution in [2.24, 2.45) is 0 Å². The third kappa shape index (κ3) is 4.67. The van der Waals surface area contributed by atoms with Gasteiger partial charge in [0.1, 0.15) is 5.82 Å². The fraction of sp³-hybridized carbons (Fsp3) is 0.643. The molecule has 0 aliphatic rings. The normalized spacial score (nSPS) is 12.3. The van der Waals surface area contributed by atoms with E-state index in [-0.39, 0.29) is 17.9 Å². The topological polar surface area (TPSA) is 66.9 Å². The van der Waals surface area contributed by atoms with Gasteiger partial charge >= 0.3 is 0 Å². The van der Waals surface area contributed by atoms with Gasteiger partial charge in [-0.15, -0.1) is 0 Å². The van der Waals surface area contributed by atoms with E-state index in [2.05, 4.69) is 27.5 Å². The molecule has 1 atom stereocenters. The summed E-state index contributed by atoms with van der Waals surface area (Å²) in [6.07, 6.45) is 1.67. The summed E-state index contributed by atoms with van der Waals surface area (Å²) in [5.41, 5.74) is 1.07. The molecule has 112 valence electrons. The zero-order chi connectivity index (χ0) is 15.1. The predicted molar refractivity (Wildman–Crippen MR) is 85.6 cm³/mol. The van der Waals surface area contributed by atoms with E-state index >= 15 is 0 Å². The summed E-state index contributed by atoms with van der Waals surface area (Å²) in [5, 5.41) is 5.95. The van der Waals surface area contributed by atoms with Crippen molar-refractivity contribution in [1.82, 2.24) is 15.3 Å². The Bertz CT molecular complexity index is 451. The van der Waals surface area contributed by atoms with Gasteiger partial charge in [0.15, 0.2) is 5.69 Å². The number of nitrogens with one attached hydrogen (secondary N) is 2. The van der Waals surface area contributed by atoms with Crippen LogP contribution in [0, 0.1) is 0 Å². The van der Waals surface area contributed by atoms with Crippen molar-refractivity contribution < 1.29 is 4.79 Å². The molecule has 0 saturated carbocycles. The summed E-state index contributed by atoms with van der Waals surface area (Å²) in [4.78, 5) is 21.0. The predicted octanol–water partition coefficient (Wildman–Crippen LogP) is 2.51. The van der Waals surface area contributed by atoms with Gasteiger partial charge in [-0.2, -0.15) is 11.8 Å². The lowest BCUT2D eigenvalue weighted by Crippen LogP contribution is -2.35. The van der Waals surface area contributed by atoms with Crippen LogP contribution in [0.3, 0.4) is 0 Å². The zero-order valence-electron chi connectivity index (χ0n) is 12.9. The first kappa shape index (κ1) is 16.8. The fourth-order valence-electron chi connectivity index (χ4n) is 1.66. The SMILES string of the molecule is CCSCC(C)NC(=O)c1nc(C(C)C)ncc1NC. The van der Waals surface area contributed by atoms with Gasteiger partial charge in [-0.25, -0.2) is 9.97 Å². The third-order valence-electron chi connectivity index (χ3n) is 2.76. The van der Waals surface area contributed by atoms with E-state index in [9.17, 15) is 4.79 Å². The highest BCUT2D eigenvalue weighted by molar-refractivity contribution is 7.99. The van der Waals surface area contributed by atoms with Gasteiger partial charge in [-0.05, 0) is 12.7 Å². The number of anilines is 1. The Morgan fingerprint density at radius 1 is 1.40 bits per heavy atom. The van der Waals surface area contributed by atoms with Crippen LogP contribution in [0.5, 0.6) is 0 Å². The van der Waals surface area contributed by atoms with Crippen LogP contribution in [0.4, 0.5) is 5.69 Å². The number of hydrogen-bond acceptors (Lipinski definition) is 5. The first-order valence-electron chi connectivity index (χ1n) is 6.92. The zero-order valence-corrected chi connectivity index (χ0v) is 13.7. The van der Waals surface area contributed by atoms with Gasteiger partial charge in [0.2, 0.25) is 0 Å². The summed E-state index contributed by atoms with van der Waals surface area (Å²) < 4.78 is 0. The lowest BCUT2D eigenvalue weighted by Gasteiger charge is -2.15. The number of carbonyl (C=O) groups is 1. The molecule has 0 radical (unpaired) electrons. The molecule has 2 N–H and O–H groups in total. The molecule has 0 bridgehead atoms. The van der Waals surface area contributed by atoms with Crippen LogP contribution >= 0.6 is 11.8 Å². The minimum absolute atomic E-state index is 0.120. The Morgan fingerprint density at radius 2 is 2.10 bits per heavy atom. The Labute approximate surface area is 125 Å². The molecule has 0 aromatic carbocycles. The van der Waals surface area contributed by atoms with Gasteiger partial charge in [0.05, 0.1) is 11.9 Å². The number of aromatic nitrogens is 2. The molecular weight excluding hydrogens is 272 g/mol. The molecule has 20 heavy (non-hydrogen) atoms. The molecule has 6 heteroatoms. The highest BCUT2D eigenvalue weighted by Gasteiger charge is 2.17. The summed E-state index contributed by atoms with van der Waals surface area (Å²) in [6.45, 7) is 8.13. The number of hydrogen-bond donors (Lipinski definition) is 2. The van der Waals surface area contributed by atoms with Crippen LogP contribution in [0.1, 0.15) is 49.9 Å². The minimum Gasteiger partial charge on any atom is -0.385 e. The van der Waals surface area contributed by atoms with Crippen molar-refractivity contribution in [2.45, 2.75) is 39.7 Å². The molecule has 5 nitrogen and oxygen atoms in total. The molecule has 0 fully saturated rings. The maximum absolute atomic E-state index is 12.3. The van der Waals surface area contributed by atoms with Crippen LogP contribution in [0.25, 0.3) is 0 Å². The minimum atomic E-state index is -0.150. The van der Waals surface area contributed by atoms with Crippen LogP contribution in [-0.2, 0) is 0 Å². The molecule has 1 rings (SSSR count). The van der Waals surface area contributed by atoms with E-state index < -0.39 is 0 Å². The Balaban J connectivity index is 2.87. The van der Waals surface area contributed by atoms with Crippen molar-refractivity contribution in [1.29, 1.82) is 0 Å². The van der Waals surface area contributed by atoms with E-state index in [0.717, 1.165) is 11.5 Å². The Hall–Kier alpha value is -1.30. The molecule has 1 heterocycles. The summed E-state index contributed by atoms with van der Waals surface area (Å²) >= 11 is 1.81. The molecule has 1 aromatic rings. The van der Waals surface area contributed by atoms with E-state index in [1.807, 2.05) is 32.5 Å². The van der Waals surface area contributed by atoms with Crippen LogP contribution in [-0.4, -0.2) is 40.5 Å². The molecule has 1 aromatic heterocycles. The van der Waals surface area contributed by atoms with E-state index in [1.165, 1.54) is 0 Å². The van der Waals surface area contributed by atoms with E-state index in [1.54, 1.807) is 13.2 Å². The van der Waals surface area contributed by atoms with Gasteiger partial charge in [-0.1, -0.05) is 20.8 Å². The fourth-order valence-corrected chi connectivity index (χ4v) is 2.33. The summed E-state index contributed by atoms with van der Waals surface area (Å²) in [6, 6.07) is 0.120. The maximum atomic E-state index is 12.3. The number of rotatable bonds is 7. The maximum Gasteiger partial charge on any atom is 0.272 e. The number of nitrogens with zero attached hydrogens (tertiary/aromatic N) is 2. The van der Waals surface area contributed by atoms with E-state index in [0.29, 0.717) is 17.2 Å². The summed E-state index contributed by atoms with van der Waals surface area (Å²) in [5.74, 6) is 2.68. The first-order valence-corrected chi connectivity index (χ1v) is 8.08. The highest BCUT2D eigenvalue weighted by Crippen LogP contribution is 2.16. The van der Waals surface area contributed by atoms with Crippen LogP contribution in [0.2, 0.25) is 0 Å². The monoisotopic (exact) mass is 296 g/mol. The van der Waals surface area contributed by atoms with Crippen molar-refractivity contribution in [3.8, 4) is 0 Å². The second-order valence-electron chi connectivity index (χ2n) is 4.93. The molecular formula is C14H24N4OS. The number of carbonyl (C=O) groups excluding carboxylic acids is 1. The smallest absolute Gasteiger partial charge is 0.272 e. The van der Waals surface area contributed by atoms with Crippen molar-refractivity contribution in [3.05, 3.63) is 17.7 Å². The average Bonchev–Trinajstić information content (AvgIpc) is 2.44. The molecule has 1 amide bonds. The molecule has 0 aliphatic carbocycles. The quantitative estimate of drug-likeness (QED) is 0.809. The molecule has 0 saturated heterocycles. The first-order chi connectivity index (χ1) is 9.49. The second kappa shape index (κ2) is 8.09. The van der Waals surface area contributed by atoms with Gasteiger partial charge in [0, 0.05) is 24.8 Å². The number of amides is 1. The van der Waals surface area contributed by atoms with Gasteiger partial charge in [0.25, 0.3) is 5.91 Å². The molecule has 0 spiro atoms. The average molecular weight is 296 g/mol. The highest BCUT2D eigenvalue weighted by atomic mass is 32.2. The molecule has 0 aliphatic heterocycles. The van der Waals surface area contributed by atoms with Crippen LogP contribution < -0.4 is 10.6 Å². The van der Waals surface area contributed by atoms with Crippen LogP contribution in [0.15, 0.2) is 6.20 Å². The number of thioether (sulfide) groups is 1. The molecule has 1 unspecified atom stereocenters. The second-order valence-corrected chi connectivity index (χ2v) is 6.25. The van der Waals surface area contributed by atoms with Crippen molar-refractivity contribution in [3.63, 3.8) is 0 Å². The van der Waals surface area contributed by atoms with Gasteiger partial charge < -0.3 is 10.6 Å². The lowest BCUT2D eigenvalue weighted by atomic mass is 10.2. The lowest BCUT2D eigenvalue weighted by molar-refractivity contribution is 0.0939. The van der Waals surface area contributed by atoms with Gasteiger partial charge in [-0.3, -0.25) is 4.79 Å². The van der Waals surface area contributed by atoms with Crippen molar-refractivity contribution in [2.75, 3.05) is 23.9 Å². The Kier molecular flexibility index (Phi) is 6.78. The standard InChI is InChI=1S/C14H24N4OS/c1-6-20-8-10(4)17-14(19)12-11(15-5)7-16-13(18-12)9(2)3/h7,9-10,15H,6,8H2,1-5H3,(H,17,19). The van der Waals surface area contributed by atoms with Crippen molar-refractivity contribution >= 4 is 23.4 Å².